The maximum absolute atomic E-state index is 12.1. The first-order valence-electron chi connectivity index (χ1n) is 6.55. The average Bonchev–Trinajstić information content (AvgIpc) is 2.82. The Balaban J connectivity index is 2.08. The predicted molar refractivity (Wildman–Crippen MR) is 80.7 cm³/mol. The molecule has 2 aromatic heterocycles. The standard InChI is InChI=1S/C14H17ClN4O2/c1-9(2)8-21-14-11(15)6-10(7-16-14)13(20)18-12-4-5-17-19(12)3/h4-7,9H,8H2,1-3H3,(H,18,20). The maximum atomic E-state index is 12.1. The van der Waals surface area contributed by atoms with E-state index in [2.05, 4.69) is 15.4 Å². The summed E-state index contributed by atoms with van der Waals surface area (Å²) in [6, 6.07) is 3.24. The highest BCUT2D eigenvalue weighted by molar-refractivity contribution is 6.32. The molecule has 7 heteroatoms. The fourth-order valence-electron chi connectivity index (χ4n) is 1.59. The zero-order chi connectivity index (χ0) is 15.4. The molecule has 0 saturated heterocycles. The van der Waals surface area contributed by atoms with Gasteiger partial charge in [-0.15, -0.1) is 0 Å². The van der Waals surface area contributed by atoms with Crippen LogP contribution in [0.3, 0.4) is 0 Å². The Bertz CT molecular complexity index is 640. The van der Waals surface area contributed by atoms with Crippen LogP contribution in [-0.4, -0.2) is 27.3 Å². The molecule has 0 saturated carbocycles. The summed E-state index contributed by atoms with van der Waals surface area (Å²) in [6.07, 6.45) is 3.04. The van der Waals surface area contributed by atoms with Crippen molar-refractivity contribution in [1.29, 1.82) is 0 Å². The minimum absolute atomic E-state index is 0.302. The lowest BCUT2D eigenvalue weighted by atomic mass is 10.2. The molecule has 0 aliphatic heterocycles. The summed E-state index contributed by atoms with van der Waals surface area (Å²) >= 11 is 6.09. The zero-order valence-electron chi connectivity index (χ0n) is 12.1. The van der Waals surface area contributed by atoms with Gasteiger partial charge >= 0.3 is 0 Å². The van der Waals surface area contributed by atoms with Crippen LogP contribution >= 0.6 is 11.6 Å². The van der Waals surface area contributed by atoms with E-state index in [0.29, 0.717) is 34.8 Å². The molecule has 0 unspecified atom stereocenters. The van der Waals surface area contributed by atoms with Crippen molar-refractivity contribution in [3.8, 4) is 5.88 Å². The predicted octanol–water partition coefficient (Wildman–Crippen LogP) is 2.76. The van der Waals surface area contributed by atoms with Crippen molar-refractivity contribution in [3.63, 3.8) is 0 Å². The highest BCUT2D eigenvalue weighted by atomic mass is 35.5. The first-order chi connectivity index (χ1) is 9.97. The Morgan fingerprint density at radius 3 is 2.86 bits per heavy atom. The minimum Gasteiger partial charge on any atom is -0.476 e. The van der Waals surface area contributed by atoms with Crippen LogP contribution in [0.5, 0.6) is 5.88 Å². The van der Waals surface area contributed by atoms with Crippen LogP contribution in [0.2, 0.25) is 5.02 Å². The van der Waals surface area contributed by atoms with Gasteiger partial charge in [-0.25, -0.2) is 4.98 Å². The van der Waals surface area contributed by atoms with E-state index >= 15 is 0 Å². The number of hydrogen-bond donors (Lipinski definition) is 1. The van der Waals surface area contributed by atoms with Crippen molar-refractivity contribution in [2.45, 2.75) is 13.8 Å². The smallest absolute Gasteiger partial charge is 0.258 e. The molecular formula is C14H17ClN4O2. The van der Waals surface area contributed by atoms with Crippen LogP contribution in [0.15, 0.2) is 24.5 Å². The number of carbonyl (C=O) groups is 1. The second kappa shape index (κ2) is 6.58. The molecule has 0 fully saturated rings. The quantitative estimate of drug-likeness (QED) is 0.922. The monoisotopic (exact) mass is 308 g/mol. The van der Waals surface area contributed by atoms with Crippen molar-refractivity contribution in [3.05, 3.63) is 35.1 Å². The molecule has 1 amide bonds. The lowest BCUT2D eigenvalue weighted by molar-refractivity contribution is 0.102. The van der Waals surface area contributed by atoms with Crippen LogP contribution in [0.25, 0.3) is 0 Å². The average molecular weight is 309 g/mol. The maximum Gasteiger partial charge on any atom is 0.258 e. The SMILES string of the molecule is CC(C)COc1ncc(C(=O)Nc2ccnn2C)cc1Cl. The van der Waals surface area contributed by atoms with Gasteiger partial charge in [0.05, 0.1) is 18.4 Å². The van der Waals surface area contributed by atoms with E-state index in [-0.39, 0.29) is 5.91 Å². The van der Waals surface area contributed by atoms with E-state index < -0.39 is 0 Å². The number of rotatable bonds is 5. The summed E-state index contributed by atoms with van der Waals surface area (Å²) in [5, 5.41) is 7.01. The number of carbonyl (C=O) groups excluding carboxylic acids is 1. The summed E-state index contributed by atoms with van der Waals surface area (Å²) in [5.41, 5.74) is 0.359. The van der Waals surface area contributed by atoms with Crippen molar-refractivity contribution >= 4 is 23.3 Å². The van der Waals surface area contributed by atoms with Gasteiger partial charge in [0.2, 0.25) is 5.88 Å². The third kappa shape index (κ3) is 3.95. The summed E-state index contributed by atoms with van der Waals surface area (Å²) < 4.78 is 7.03. The Morgan fingerprint density at radius 2 is 2.29 bits per heavy atom. The number of anilines is 1. The minimum atomic E-state index is -0.302. The van der Waals surface area contributed by atoms with E-state index in [4.69, 9.17) is 16.3 Å². The Hall–Kier alpha value is -2.08. The van der Waals surface area contributed by atoms with Crippen LogP contribution in [-0.2, 0) is 7.05 Å². The molecule has 0 aromatic carbocycles. The molecule has 21 heavy (non-hydrogen) atoms. The molecule has 2 rings (SSSR count). The zero-order valence-corrected chi connectivity index (χ0v) is 12.9. The second-order valence-corrected chi connectivity index (χ2v) is 5.42. The van der Waals surface area contributed by atoms with Gasteiger partial charge in [0.25, 0.3) is 5.91 Å². The van der Waals surface area contributed by atoms with Crippen LogP contribution in [0.4, 0.5) is 5.82 Å². The number of aromatic nitrogens is 3. The van der Waals surface area contributed by atoms with Gasteiger partial charge < -0.3 is 10.1 Å². The Labute approximate surface area is 128 Å². The van der Waals surface area contributed by atoms with Crippen LogP contribution in [0.1, 0.15) is 24.2 Å². The molecule has 0 aliphatic rings. The fourth-order valence-corrected chi connectivity index (χ4v) is 1.81. The molecule has 2 aromatic rings. The van der Waals surface area contributed by atoms with Crippen molar-refractivity contribution in [2.24, 2.45) is 13.0 Å². The summed E-state index contributed by atoms with van der Waals surface area (Å²) in [6.45, 7) is 4.58. The number of amides is 1. The Morgan fingerprint density at radius 1 is 1.52 bits per heavy atom. The van der Waals surface area contributed by atoms with Crippen molar-refractivity contribution in [1.82, 2.24) is 14.8 Å². The number of pyridine rings is 1. The van der Waals surface area contributed by atoms with Gasteiger partial charge in [-0.1, -0.05) is 25.4 Å². The molecule has 2 heterocycles. The molecule has 0 bridgehead atoms. The van der Waals surface area contributed by atoms with Crippen LogP contribution < -0.4 is 10.1 Å². The lowest BCUT2D eigenvalue weighted by Crippen LogP contribution is -2.15. The number of halogens is 1. The van der Waals surface area contributed by atoms with E-state index in [1.807, 2.05) is 13.8 Å². The number of nitrogens with zero attached hydrogens (tertiary/aromatic N) is 3. The van der Waals surface area contributed by atoms with E-state index in [9.17, 15) is 4.79 Å². The Kier molecular flexibility index (Phi) is 4.80. The third-order valence-electron chi connectivity index (χ3n) is 2.69. The van der Waals surface area contributed by atoms with Gasteiger partial charge in [0.1, 0.15) is 10.8 Å². The first-order valence-corrected chi connectivity index (χ1v) is 6.93. The summed E-state index contributed by atoms with van der Waals surface area (Å²) in [4.78, 5) is 16.2. The van der Waals surface area contributed by atoms with Crippen LogP contribution in [0, 0.1) is 5.92 Å². The van der Waals surface area contributed by atoms with Gasteiger partial charge in [-0.2, -0.15) is 5.10 Å². The topological polar surface area (TPSA) is 69.0 Å². The van der Waals surface area contributed by atoms with Gasteiger partial charge in [-0.3, -0.25) is 9.48 Å². The molecular weight excluding hydrogens is 292 g/mol. The normalized spacial score (nSPS) is 10.7. The van der Waals surface area contributed by atoms with E-state index in [1.165, 1.54) is 12.3 Å². The molecule has 0 radical (unpaired) electrons. The number of ether oxygens (including phenoxy) is 1. The van der Waals surface area contributed by atoms with Gasteiger partial charge in [0.15, 0.2) is 0 Å². The van der Waals surface area contributed by atoms with E-state index in [0.717, 1.165) is 0 Å². The lowest BCUT2D eigenvalue weighted by Gasteiger charge is -2.10. The summed E-state index contributed by atoms with van der Waals surface area (Å²) in [5.74, 6) is 0.998. The molecule has 1 N–H and O–H groups in total. The summed E-state index contributed by atoms with van der Waals surface area (Å²) in [7, 11) is 1.74. The highest BCUT2D eigenvalue weighted by Crippen LogP contribution is 2.23. The number of nitrogens with one attached hydrogen (secondary N) is 1. The third-order valence-corrected chi connectivity index (χ3v) is 2.96. The molecule has 0 spiro atoms. The molecule has 6 nitrogen and oxygen atoms in total. The van der Waals surface area contributed by atoms with E-state index in [1.54, 1.807) is 24.0 Å². The number of hydrogen-bond acceptors (Lipinski definition) is 4. The molecule has 0 atom stereocenters. The second-order valence-electron chi connectivity index (χ2n) is 5.01. The molecule has 0 aliphatic carbocycles. The molecule has 112 valence electrons. The number of aryl methyl sites for hydroxylation is 1. The van der Waals surface area contributed by atoms with Crippen molar-refractivity contribution < 1.29 is 9.53 Å². The van der Waals surface area contributed by atoms with Gasteiger partial charge in [0, 0.05) is 19.3 Å². The largest absolute Gasteiger partial charge is 0.476 e. The fraction of sp³-hybridized carbons (Fsp3) is 0.357. The van der Waals surface area contributed by atoms with Crippen molar-refractivity contribution in [2.75, 3.05) is 11.9 Å². The first kappa shape index (κ1) is 15.3. The van der Waals surface area contributed by atoms with Gasteiger partial charge in [-0.05, 0) is 12.0 Å². The highest BCUT2D eigenvalue weighted by Gasteiger charge is 2.12.